The quantitative estimate of drug-likeness (QED) is 0.860. The Labute approximate surface area is 133 Å². The molecule has 2 heterocycles. The highest BCUT2D eigenvalue weighted by Gasteiger charge is 2.22. The largest absolute Gasteiger partial charge is 0.366 e. The van der Waals surface area contributed by atoms with Gasteiger partial charge in [0.15, 0.2) is 5.82 Å². The van der Waals surface area contributed by atoms with Crippen molar-refractivity contribution in [3.05, 3.63) is 41.8 Å². The number of para-hydroxylation sites is 1. The van der Waals surface area contributed by atoms with Crippen molar-refractivity contribution in [3.63, 3.8) is 0 Å². The third-order valence-corrected chi connectivity index (χ3v) is 3.95. The average Bonchev–Trinajstić information content (AvgIpc) is 2.99. The summed E-state index contributed by atoms with van der Waals surface area (Å²) < 4.78 is 18.8. The van der Waals surface area contributed by atoms with Gasteiger partial charge in [-0.1, -0.05) is 17.3 Å². The van der Waals surface area contributed by atoms with Crippen LogP contribution >= 0.6 is 0 Å². The van der Waals surface area contributed by atoms with Gasteiger partial charge in [-0.15, -0.1) is 0 Å². The van der Waals surface area contributed by atoms with E-state index in [0.29, 0.717) is 56.4 Å². The summed E-state index contributed by atoms with van der Waals surface area (Å²) in [6.45, 7) is 4.20. The molecule has 0 radical (unpaired) electrons. The van der Waals surface area contributed by atoms with Crippen molar-refractivity contribution in [3.8, 4) is 0 Å². The summed E-state index contributed by atoms with van der Waals surface area (Å²) in [5, 5.41) is 3.71. The molecule has 1 aliphatic heterocycles. The van der Waals surface area contributed by atoms with Crippen molar-refractivity contribution < 1.29 is 13.7 Å². The Kier molecular flexibility index (Phi) is 4.55. The number of amides is 1. The molecule has 0 spiro atoms. The molecule has 1 aromatic heterocycles. The summed E-state index contributed by atoms with van der Waals surface area (Å²) in [5.74, 6) is 0.903. The summed E-state index contributed by atoms with van der Waals surface area (Å²) in [5.41, 5.74) is 0.598. The van der Waals surface area contributed by atoms with E-state index < -0.39 is 0 Å². The van der Waals surface area contributed by atoms with E-state index in [4.69, 9.17) is 4.52 Å². The molecule has 0 bridgehead atoms. The average molecular weight is 318 g/mol. The van der Waals surface area contributed by atoms with E-state index in [-0.39, 0.29) is 11.7 Å². The Hall–Kier alpha value is -2.44. The zero-order chi connectivity index (χ0) is 16.2. The Morgan fingerprint density at radius 2 is 2.00 bits per heavy atom. The summed E-state index contributed by atoms with van der Waals surface area (Å²) >= 11 is 0. The number of rotatable bonds is 4. The van der Waals surface area contributed by atoms with Crippen LogP contribution in [0.3, 0.4) is 0 Å². The topological polar surface area (TPSA) is 62.5 Å². The lowest BCUT2D eigenvalue weighted by molar-refractivity contribution is -0.131. The Bertz CT molecular complexity index is 680. The van der Waals surface area contributed by atoms with Crippen molar-refractivity contribution in [2.24, 2.45) is 0 Å². The van der Waals surface area contributed by atoms with Crippen LogP contribution < -0.4 is 4.90 Å². The molecule has 0 unspecified atom stereocenters. The van der Waals surface area contributed by atoms with Crippen molar-refractivity contribution in [1.82, 2.24) is 15.0 Å². The molecule has 1 aromatic carbocycles. The molecule has 6 nitrogen and oxygen atoms in total. The van der Waals surface area contributed by atoms with Crippen LogP contribution in [0, 0.1) is 12.7 Å². The van der Waals surface area contributed by atoms with Crippen LogP contribution in [0.4, 0.5) is 10.1 Å². The Morgan fingerprint density at radius 1 is 1.26 bits per heavy atom. The fourth-order valence-electron chi connectivity index (χ4n) is 2.72. The minimum Gasteiger partial charge on any atom is -0.366 e. The van der Waals surface area contributed by atoms with Gasteiger partial charge in [0.05, 0.1) is 5.69 Å². The van der Waals surface area contributed by atoms with Gasteiger partial charge in [0, 0.05) is 39.0 Å². The summed E-state index contributed by atoms with van der Waals surface area (Å²) in [6.07, 6.45) is 0.800. The first-order valence-corrected chi connectivity index (χ1v) is 7.70. The predicted octanol–water partition coefficient (Wildman–Crippen LogP) is 1.80. The lowest BCUT2D eigenvalue weighted by Crippen LogP contribution is -2.49. The van der Waals surface area contributed by atoms with E-state index in [0.717, 1.165) is 0 Å². The number of carbonyl (C=O) groups excluding carboxylic acids is 1. The number of hydrogen-bond donors (Lipinski definition) is 0. The van der Waals surface area contributed by atoms with Crippen molar-refractivity contribution in [2.75, 3.05) is 31.1 Å². The van der Waals surface area contributed by atoms with Crippen molar-refractivity contribution in [1.29, 1.82) is 0 Å². The van der Waals surface area contributed by atoms with E-state index in [1.165, 1.54) is 6.07 Å². The van der Waals surface area contributed by atoms with Crippen LogP contribution in [0.25, 0.3) is 0 Å². The molecule has 3 rings (SSSR count). The molecule has 7 heteroatoms. The second-order valence-electron chi connectivity index (χ2n) is 5.55. The molecule has 122 valence electrons. The molecule has 0 saturated carbocycles. The lowest BCUT2D eigenvalue weighted by Gasteiger charge is -2.36. The van der Waals surface area contributed by atoms with Crippen molar-refractivity contribution in [2.45, 2.75) is 19.8 Å². The minimum absolute atomic E-state index is 0.0639. The maximum Gasteiger partial charge on any atom is 0.227 e. The number of anilines is 1. The smallest absolute Gasteiger partial charge is 0.227 e. The molecule has 0 aliphatic carbocycles. The van der Waals surface area contributed by atoms with Crippen LogP contribution in [0.15, 0.2) is 28.8 Å². The number of hydrogen-bond acceptors (Lipinski definition) is 5. The third-order valence-electron chi connectivity index (χ3n) is 3.95. The van der Waals surface area contributed by atoms with Gasteiger partial charge in [0.25, 0.3) is 0 Å². The molecule has 1 saturated heterocycles. The number of aryl methyl sites for hydroxylation is 2. The summed E-state index contributed by atoms with van der Waals surface area (Å²) in [4.78, 5) is 20.1. The maximum atomic E-state index is 13.8. The van der Waals surface area contributed by atoms with Crippen LogP contribution in [0.1, 0.15) is 18.1 Å². The lowest BCUT2D eigenvalue weighted by atomic mass is 10.2. The van der Waals surface area contributed by atoms with Gasteiger partial charge in [-0.2, -0.15) is 4.98 Å². The highest BCUT2D eigenvalue weighted by Crippen LogP contribution is 2.20. The molecule has 0 N–H and O–H groups in total. The van der Waals surface area contributed by atoms with Crippen LogP contribution in [0.5, 0.6) is 0 Å². The second-order valence-corrected chi connectivity index (χ2v) is 5.55. The van der Waals surface area contributed by atoms with Gasteiger partial charge in [0.2, 0.25) is 11.8 Å². The van der Waals surface area contributed by atoms with E-state index in [9.17, 15) is 9.18 Å². The Morgan fingerprint density at radius 3 is 2.65 bits per heavy atom. The SMILES string of the molecule is Cc1noc(CCC(=O)N2CCN(c3ccccc3F)CC2)n1. The van der Waals surface area contributed by atoms with Crippen molar-refractivity contribution >= 4 is 11.6 Å². The van der Waals surface area contributed by atoms with E-state index in [1.807, 2.05) is 11.0 Å². The first-order chi connectivity index (χ1) is 11.1. The summed E-state index contributed by atoms with van der Waals surface area (Å²) in [7, 11) is 0. The second kappa shape index (κ2) is 6.76. The van der Waals surface area contributed by atoms with E-state index in [1.54, 1.807) is 24.0 Å². The van der Waals surface area contributed by atoms with Gasteiger partial charge < -0.3 is 14.3 Å². The molecule has 23 heavy (non-hydrogen) atoms. The number of halogens is 1. The monoisotopic (exact) mass is 318 g/mol. The molecular weight excluding hydrogens is 299 g/mol. The van der Waals surface area contributed by atoms with Gasteiger partial charge >= 0.3 is 0 Å². The summed E-state index contributed by atoms with van der Waals surface area (Å²) in [6, 6.07) is 6.73. The molecule has 0 atom stereocenters. The first-order valence-electron chi connectivity index (χ1n) is 7.70. The molecule has 1 fully saturated rings. The fraction of sp³-hybridized carbons (Fsp3) is 0.438. The standard InChI is InChI=1S/C16H19FN4O2/c1-12-18-15(23-19-12)6-7-16(22)21-10-8-20(9-11-21)14-5-3-2-4-13(14)17/h2-5H,6-11H2,1H3. The van der Waals surface area contributed by atoms with Crippen LogP contribution in [-0.4, -0.2) is 47.1 Å². The Balaban J connectivity index is 1.50. The zero-order valence-electron chi connectivity index (χ0n) is 13.0. The van der Waals surface area contributed by atoms with E-state index in [2.05, 4.69) is 10.1 Å². The van der Waals surface area contributed by atoms with Gasteiger partial charge in [-0.25, -0.2) is 4.39 Å². The maximum absolute atomic E-state index is 13.8. The van der Waals surface area contributed by atoms with E-state index >= 15 is 0 Å². The van der Waals surface area contributed by atoms with Gasteiger partial charge in [0.1, 0.15) is 5.82 Å². The molecule has 1 aliphatic rings. The van der Waals surface area contributed by atoms with Gasteiger partial charge in [-0.3, -0.25) is 4.79 Å². The normalized spacial score (nSPS) is 15.0. The number of aromatic nitrogens is 2. The fourth-order valence-corrected chi connectivity index (χ4v) is 2.72. The number of benzene rings is 1. The van der Waals surface area contributed by atoms with Gasteiger partial charge in [-0.05, 0) is 19.1 Å². The third kappa shape index (κ3) is 3.67. The number of carbonyl (C=O) groups is 1. The predicted molar refractivity (Wildman–Crippen MR) is 82.5 cm³/mol. The number of nitrogens with zero attached hydrogens (tertiary/aromatic N) is 4. The zero-order valence-corrected chi connectivity index (χ0v) is 13.0. The molecule has 1 amide bonds. The highest BCUT2D eigenvalue weighted by atomic mass is 19.1. The molecule has 2 aromatic rings. The van der Waals surface area contributed by atoms with Crippen LogP contribution in [-0.2, 0) is 11.2 Å². The highest BCUT2D eigenvalue weighted by molar-refractivity contribution is 5.76. The van der Waals surface area contributed by atoms with Crippen LogP contribution in [0.2, 0.25) is 0 Å². The number of piperazine rings is 1. The first kappa shape index (κ1) is 15.5. The molecular formula is C16H19FN4O2. The minimum atomic E-state index is -0.223.